The number of hydrogen-bond donors (Lipinski definition) is 1. The van der Waals surface area contributed by atoms with Gasteiger partial charge in [0.05, 0.1) is 10.2 Å². The molecule has 1 fully saturated rings. The van der Waals surface area contributed by atoms with Crippen LogP contribution in [0.25, 0.3) is 10.2 Å². The van der Waals surface area contributed by atoms with Crippen LogP contribution in [0.1, 0.15) is 36.3 Å². The summed E-state index contributed by atoms with van der Waals surface area (Å²) < 4.78 is 5.11. The first-order valence-electron chi connectivity index (χ1n) is 9.30. The predicted molar refractivity (Wildman–Crippen MR) is 114 cm³/mol. The molecule has 3 aromatic rings. The van der Waals surface area contributed by atoms with Crippen molar-refractivity contribution in [3.63, 3.8) is 0 Å². The molecule has 1 N–H and O–H groups in total. The number of thiophene rings is 1. The maximum absolute atomic E-state index is 12.6. The fraction of sp³-hybridized carbons (Fsp3) is 0.400. The third-order valence-corrected chi connectivity index (χ3v) is 4.73. The van der Waals surface area contributed by atoms with Crippen LogP contribution in [-0.4, -0.2) is 53.1 Å². The molecule has 0 spiro atoms. The zero-order valence-electron chi connectivity index (χ0n) is 16.8. The lowest BCUT2D eigenvalue weighted by molar-refractivity contribution is 0.0648. The standard InChI is InChI=1S/C16H15N5OS.C2H6O.C2H6/c22-15(21-6-2-7-21)13-14-12(4-8-23-14)19-16(20-13)18-10-11-3-1-5-17-9-11;1-3-2;1-2/h1,3-5,8-9H,2,6-7,10H2,(H,18,19,20);1-2H3;1-2H3. The number of nitrogens with zero attached hydrogens (tertiary/aromatic N) is 4. The molecule has 7 nitrogen and oxygen atoms in total. The van der Waals surface area contributed by atoms with Gasteiger partial charge < -0.3 is 15.0 Å². The number of carbonyl (C=O) groups excluding carboxylic acids is 1. The third kappa shape index (κ3) is 5.46. The van der Waals surface area contributed by atoms with E-state index in [1.54, 1.807) is 26.6 Å². The molecule has 0 aliphatic carbocycles. The zero-order valence-corrected chi connectivity index (χ0v) is 17.6. The van der Waals surface area contributed by atoms with Crippen LogP contribution in [0.5, 0.6) is 0 Å². The van der Waals surface area contributed by atoms with Gasteiger partial charge in [0.2, 0.25) is 5.95 Å². The largest absolute Gasteiger partial charge is 0.388 e. The van der Waals surface area contributed by atoms with E-state index in [1.807, 2.05) is 42.3 Å². The van der Waals surface area contributed by atoms with Crippen LogP contribution in [0.3, 0.4) is 0 Å². The van der Waals surface area contributed by atoms with E-state index >= 15 is 0 Å². The minimum atomic E-state index is -0.00414. The number of methoxy groups -OCH3 is 1. The number of fused-ring (bicyclic) bond motifs is 1. The second-order valence-electron chi connectivity index (χ2n) is 5.80. The highest BCUT2D eigenvalue weighted by Gasteiger charge is 2.25. The number of pyridine rings is 1. The molecule has 0 bridgehead atoms. The van der Waals surface area contributed by atoms with Crippen molar-refractivity contribution >= 4 is 33.4 Å². The maximum atomic E-state index is 12.6. The Morgan fingerprint density at radius 3 is 2.61 bits per heavy atom. The highest BCUT2D eigenvalue weighted by atomic mass is 32.1. The highest BCUT2D eigenvalue weighted by Crippen LogP contribution is 2.26. The molecule has 0 aromatic carbocycles. The summed E-state index contributed by atoms with van der Waals surface area (Å²) in [5.41, 5.74) is 2.35. The Kier molecular flexibility index (Phi) is 8.77. The molecule has 1 saturated heterocycles. The van der Waals surface area contributed by atoms with E-state index in [0.717, 1.165) is 35.3 Å². The molecule has 0 atom stereocenters. The topological polar surface area (TPSA) is 80.2 Å². The number of carbonyl (C=O) groups is 1. The molecule has 0 saturated carbocycles. The van der Waals surface area contributed by atoms with Crippen molar-refractivity contribution in [1.82, 2.24) is 19.9 Å². The normalized spacial score (nSPS) is 12.2. The van der Waals surface area contributed by atoms with E-state index in [-0.39, 0.29) is 5.91 Å². The molecule has 4 heterocycles. The van der Waals surface area contributed by atoms with Crippen LogP contribution in [0.2, 0.25) is 0 Å². The summed E-state index contributed by atoms with van der Waals surface area (Å²) in [6, 6.07) is 5.79. The molecule has 3 aromatic heterocycles. The van der Waals surface area contributed by atoms with Crippen molar-refractivity contribution in [2.75, 3.05) is 32.6 Å². The average molecular weight is 402 g/mol. The van der Waals surface area contributed by atoms with Crippen LogP contribution in [0.15, 0.2) is 36.0 Å². The minimum absolute atomic E-state index is 0.00414. The molecule has 1 amide bonds. The van der Waals surface area contributed by atoms with Gasteiger partial charge in [-0.05, 0) is 29.5 Å². The second-order valence-corrected chi connectivity index (χ2v) is 6.72. The minimum Gasteiger partial charge on any atom is -0.388 e. The third-order valence-electron chi connectivity index (χ3n) is 3.82. The van der Waals surface area contributed by atoms with Gasteiger partial charge in [-0.1, -0.05) is 19.9 Å². The van der Waals surface area contributed by atoms with Crippen molar-refractivity contribution in [2.45, 2.75) is 26.8 Å². The fourth-order valence-corrected chi connectivity index (χ4v) is 3.25. The Morgan fingerprint density at radius 2 is 2.00 bits per heavy atom. The van der Waals surface area contributed by atoms with Gasteiger partial charge in [0, 0.05) is 46.2 Å². The number of likely N-dealkylation sites (tertiary alicyclic amines) is 1. The molecular formula is C20H27N5O2S. The molecule has 1 aliphatic heterocycles. The fourth-order valence-electron chi connectivity index (χ4n) is 2.44. The van der Waals surface area contributed by atoms with Gasteiger partial charge in [-0.3, -0.25) is 9.78 Å². The van der Waals surface area contributed by atoms with Crippen LogP contribution < -0.4 is 5.32 Å². The van der Waals surface area contributed by atoms with E-state index in [0.29, 0.717) is 18.2 Å². The van der Waals surface area contributed by atoms with Gasteiger partial charge in [-0.25, -0.2) is 9.97 Å². The summed E-state index contributed by atoms with van der Waals surface area (Å²) in [6.45, 7) is 6.20. The van der Waals surface area contributed by atoms with Crippen LogP contribution >= 0.6 is 11.3 Å². The number of anilines is 1. The van der Waals surface area contributed by atoms with Crippen molar-refractivity contribution in [3.8, 4) is 0 Å². The number of ether oxygens (including phenoxy) is 1. The molecule has 28 heavy (non-hydrogen) atoms. The number of amides is 1. The molecule has 0 radical (unpaired) electrons. The number of hydrogen-bond acceptors (Lipinski definition) is 7. The molecule has 1 aliphatic rings. The number of aromatic nitrogens is 3. The SMILES string of the molecule is CC.COC.O=C(c1nc(NCc2cccnc2)nc2ccsc12)N1CCC1. The first-order valence-corrected chi connectivity index (χ1v) is 10.2. The van der Waals surface area contributed by atoms with Gasteiger partial charge in [-0.2, -0.15) is 0 Å². The quantitative estimate of drug-likeness (QED) is 0.716. The molecular weight excluding hydrogens is 374 g/mol. The Bertz CT molecular complexity index is 865. The van der Waals surface area contributed by atoms with Gasteiger partial charge in [0.1, 0.15) is 0 Å². The first-order chi connectivity index (χ1) is 13.7. The molecule has 4 rings (SSSR count). The van der Waals surface area contributed by atoms with Crippen LogP contribution in [0, 0.1) is 0 Å². The lowest BCUT2D eigenvalue weighted by Gasteiger charge is -2.30. The van der Waals surface area contributed by atoms with E-state index in [9.17, 15) is 4.79 Å². The highest BCUT2D eigenvalue weighted by molar-refractivity contribution is 7.17. The summed E-state index contributed by atoms with van der Waals surface area (Å²) in [7, 11) is 3.25. The molecule has 150 valence electrons. The zero-order chi connectivity index (χ0) is 20.4. The Morgan fingerprint density at radius 1 is 1.25 bits per heavy atom. The molecule has 0 unspecified atom stereocenters. The first kappa shape index (κ1) is 21.7. The van der Waals surface area contributed by atoms with Gasteiger partial charge in [0.25, 0.3) is 5.91 Å². The monoisotopic (exact) mass is 401 g/mol. The Balaban J connectivity index is 0.000000514. The van der Waals surface area contributed by atoms with E-state index in [2.05, 4.69) is 25.0 Å². The summed E-state index contributed by atoms with van der Waals surface area (Å²) in [5.74, 6) is 0.471. The average Bonchev–Trinajstić information content (AvgIpc) is 3.16. The smallest absolute Gasteiger partial charge is 0.274 e. The van der Waals surface area contributed by atoms with Gasteiger partial charge in [0.15, 0.2) is 5.69 Å². The second kappa shape index (κ2) is 11.3. The summed E-state index contributed by atoms with van der Waals surface area (Å²) in [4.78, 5) is 27.4. The van der Waals surface area contributed by atoms with Crippen molar-refractivity contribution in [2.24, 2.45) is 0 Å². The summed E-state index contributed by atoms with van der Waals surface area (Å²) >= 11 is 1.51. The summed E-state index contributed by atoms with van der Waals surface area (Å²) in [5, 5.41) is 5.13. The summed E-state index contributed by atoms with van der Waals surface area (Å²) in [6.07, 6.45) is 4.60. The van der Waals surface area contributed by atoms with E-state index in [4.69, 9.17) is 0 Å². The van der Waals surface area contributed by atoms with Crippen molar-refractivity contribution in [3.05, 3.63) is 47.2 Å². The van der Waals surface area contributed by atoms with Crippen LogP contribution in [-0.2, 0) is 11.3 Å². The predicted octanol–water partition coefficient (Wildman–Crippen LogP) is 3.83. The van der Waals surface area contributed by atoms with Crippen molar-refractivity contribution < 1.29 is 9.53 Å². The Hall–Kier alpha value is -2.58. The lowest BCUT2D eigenvalue weighted by atomic mass is 10.2. The van der Waals surface area contributed by atoms with Gasteiger partial charge in [-0.15, -0.1) is 11.3 Å². The van der Waals surface area contributed by atoms with E-state index in [1.165, 1.54) is 11.3 Å². The molecule has 8 heteroatoms. The Labute approximate surface area is 169 Å². The number of rotatable bonds is 4. The van der Waals surface area contributed by atoms with E-state index < -0.39 is 0 Å². The number of nitrogens with one attached hydrogen (secondary N) is 1. The maximum Gasteiger partial charge on any atom is 0.274 e. The van der Waals surface area contributed by atoms with Crippen molar-refractivity contribution in [1.29, 1.82) is 0 Å². The van der Waals surface area contributed by atoms with Crippen LogP contribution in [0.4, 0.5) is 5.95 Å². The lowest BCUT2D eigenvalue weighted by Crippen LogP contribution is -2.42. The van der Waals surface area contributed by atoms with Gasteiger partial charge >= 0.3 is 0 Å².